The molecule has 0 aromatic heterocycles. The van der Waals surface area contributed by atoms with Crippen LogP contribution in [0.4, 0.5) is 9.59 Å². The first-order valence-corrected chi connectivity index (χ1v) is 15.2. The largest absolute Gasteiger partial charge is 0.467 e. The standard InChI is InChI=1S/C34H50N2O8/c1-11-13-21-33(27(37)41-9,35-29(39)43-31(3,4)5)25-19-15-18-24-23(25)17-16-20-26(24)34(22-14-12-2,28(38)42-10)36-30(40)44-32(6,7)8/h15-20H,11-14,21-22H2,1-10H3,(H,35,39)(H,36,40). The number of alkyl carbamates (subject to hydrolysis) is 2. The van der Waals surface area contributed by atoms with Crippen LogP contribution >= 0.6 is 0 Å². The Morgan fingerprint density at radius 1 is 0.614 bits per heavy atom. The van der Waals surface area contributed by atoms with E-state index in [1.165, 1.54) is 14.2 Å². The normalized spacial score (nSPS) is 14.5. The number of esters is 2. The molecule has 0 aliphatic rings. The highest BCUT2D eigenvalue weighted by Crippen LogP contribution is 2.40. The molecule has 2 N–H and O–H groups in total. The third-order valence-corrected chi connectivity index (χ3v) is 7.15. The van der Waals surface area contributed by atoms with E-state index in [0.29, 0.717) is 34.7 Å². The third kappa shape index (κ3) is 8.64. The molecule has 2 rings (SSSR count). The minimum absolute atomic E-state index is 0.229. The van der Waals surface area contributed by atoms with Crippen LogP contribution in [0.15, 0.2) is 36.4 Å². The molecule has 0 fully saturated rings. The molecule has 44 heavy (non-hydrogen) atoms. The summed E-state index contributed by atoms with van der Waals surface area (Å²) in [6, 6.07) is 10.6. The van der Waals surface area contributed by atoms with Crippen LogP contribution in [0.2, 0.25) is 0 Å². The van der Waals surface area contributed by atoms with Gasteiger partial charge < -0.3 is 29.6 Å². The second-order valence-electron chi connectivity index (χ2n) is 13.0. The average molecular weight is 615 g/mol. The second-order valence-corrected chi connectivity index (χ2v) is 13.0. The zero-order valence-corrected chi connectivity index (χ0v) is 28.0. The zero-order valence-electron chi connectivity index (χ0n) is 28.0. The van der Waals surface area contributed by atoms with Crippen LogP contribution in [0.5, 0.6) is 0 Å². The monoisotopic (exact) mass is 614 g/mol. The number of rotatable bonds is 12. The maximum Gasteiger partial charge on any atom is 0.408 e. The molecule has 0 radical (unpaired) electrons. The minimum atomic E-state index is -1.61. The summed E-state index contributed by atoms with van der Waals surface area (Å²) in [4.78, 5) is 53.8. The van der Waals surface area contributed by atoms with Crippen LogP contribution in [-0.2, 0) is 39.6 Å². The van der Waals surface area contributed by atoms with E-state index in [1.54, 1.807) is 65.8 Å². The highest BCUT2D eigenvalue weighted by atomic mass is 16.6. The number of fused-ring (bicyclic) bond motifs is 1. The first kappa shape index (κ1) is 36.4. The van der Waals surface area contributed by atoms with Crippen molar-refractivity contribution in [2.24, 2.45) is 0 Å². The smallest absolute Gasteiger partial charge is 0.408 e. The topological polar surface area (TPSA) is 129 Å². The number of ether oxygens (including phenoxy) is 4. The lowest BCUT2D eigenvalue weighted by Gasteiger charge is -2.36. The Morgan fingerprint density at radius 3 is 1.23 bits per heavy atom. The van der Waals surface area contributed by atoms with Crippen molar-refractivity contribution in [3.05, 3.63) is 47.5 Å². The van der Waals surface area contributed by atoms with E-state index < -0.39 is 46.4 Å². The number of methoxy groups -OCH3 is 2. The van der Waals surface area contributed by atoms with Crippen LogP contribution in [0.1, 0.15) is 105 Å². The summed E-state index contributed by atoms with van der Waals surface area (Å²) in [5.74, 6) is -1.32. The maximum atomic E-state index is 13.7. The van der Waals surface area contributed by atoms with Crippen LogP contribution in [0, 0.1) is 0 Å². The predicted molar refractivity (Wildman–Crippen MR) is 169 cm³/mol. The molecule has 0 aliphatic heterocycles. The first-order valence-electron chi connectivity index (χ1n) is 15.2. The molecule has 0 aliphatic carbocycles. The number of benzene rings is 2. The van der Waals surface area contributed by atoms with Crippen molar-refractivity contribution in [2.75, 3.05) is 14.2 Å². The molecule has 2 unspecified atom stereocenters. The number of nitrogens with one attached hydrogen (secondary N) is 2. The highest BCUT2D eigenvalue weighted by molar-refractivity contribution is 6.00. The van der Waals surface area contributed by atoms with Gasteiger partial charge >= 0.3 is 24.1 Å². The molecule has 0 spiro atoms. The summed E-state index contributed by atoms with van der Waals surface area (Å²) in [5, 5.41) is 6.86. The molecule has 0 heterocycles. The molecule has 244 valence electrons. The van der Waals surface area contributed by atoms with E-state index in [4.69, 9.17) is 18.9 Å². The van der Waals surface area contributed by atoms with Crippen molar-refractivity contribution in [1.82, 2.24) is 10.6 Å². The molecule has 0 bridgehead atoms. The van der Waals surface area contributed by atoms with Gasteiger partial charge in [0.15, 0.2) is 11.1 Å². The number of carbonyl (C=O) groups excluding carboxylic acids is 4. The van der Waals surface area contributed by atoms with Gasteiger partial charge in [-0.3, -0.25) is 0 Å². The number of unbranched alkanes of at least 4 members (excludes halogenated alkanes) is 2. The molecule has 0 saturated heterocycles. The summed E-state index contributed by atoms with van der Waals surface area (Å²) in [6.07, 6.45) is 1.57. The molecule has 10 nitrogen and oxygen atoms in total. The van der Waals surface area contributed by atoms with Crippen molar-refractivity contribution in [3.63, 3.8) is 0 Å². The van der Waals surface area contributed by atoms with E-state index in [0.717, 1.165) is 12.8 Å². The van der Waals surface area contributed by atoms with E-state index in [-0.39, 0.29) is 12.8 Å². The van der Waals surface area contributed by atoms with Crippen molar-refractivity contribution in [2.45, 2.75) is 116 Å². The van der Waals surface area contributed by atoms with Gasteiger partial charge in [-0.25, -0.2) is 19.2 Å². The van der Waals surface area contributed by atoms with Gasteiger partial charge in [0.1, 0.15) is 11.2 Å². The van der Waals surface area contributed by atoms with Crippen LogP contribution in [0.3, 0.4) is 0 Å². The number of amides is 2. The summed E-state index contributed by atoms with van der Waals surface area (Å²) in [5.41, 5.74) is -3.91. The van der Waals surface area contributed by atoms with Gasteiger partial charge in [0.05, 0.1) is 14.2 Å². The predicted octanol–water partition coefficient (Wildman–Crippen LogP) is 7.01. The van der Waals surface area contributed by atoms with E-state index in [9.17, 15) is 19.2 Å². The Morgan fingerprint density at radius 2 is 0.955 bits per heavy atom. The van der Waals surface area contributed by atoms with E-state index in [2.05, 4.69) is 10.6 Å². The fourth-order valence-corrected chi connectivity index (χ4v) is 5.30. The molecular formula is C34H50N2O8. The number of carbonyl (C=O) groups is 4. The fourth-order valence-electron chi connectivity index (χ4n) is 5.30. The van der Waals surface area contributed by atoms with E-state index >= 15 is 0 Å². The maximum absolute atomic E-state index is 13.7. The summed E-state index contributed by atoms with van der Waals surface area (Å²) in [6.45, 7) is 14.4. The molecule has 2 amide bonds. The molecule has 2 aromatic carbocycles. The third-order valence-electron chi connectivity index (χ3n) is 7.15. The highest BCUT2D eigenvalue weighted by Gasteiger charge is 2.47. The Kier molecular flexibility index (Phi) is 12.2. The van der Waals surface area contributed by atoms with E-state index in [1.807, 2.05) is 26.0 Å². The molecule has 0 saturated carbocycles. The van der Waals surface area contributed by atoms with Gasteiger partial charge in [-0.15, -0.1) is 0 Å². The summed E-state index contributed by atoms with van der Waals surface area (Å²) in [7, 11) is 2.54. The Hall–Kier alpha value is -3.82. The summed E-state index contributed by atoms with van der Waals surface area (Å²) < 4.78 is 21.7. The van der Waals surface area contributed by atoms with Gasteiger partial charge in [0.25, 0.3) is 0 Å². The molecule has 2 atom stereocenters. The van der Waals surface area contributed by atoms with Crippen LogP contribution in [0.25, 0.3) is 10.8 Å². The lowest BCUT2D eigenvalue weighted by atomic mass is 9.78. The lowest BCUT2D eigenvalue weighted by molar-refractivity contribution is -0.150. The Balaban J connectivity index is 2.96. The Bertz CT molecular complexity index is 1230. The van der Waals surface area contributed by atoms with Gasteiger partial charge in [-0.05, 0) is 76.3 Å². The number of hydrogen-bond acceptors (Lipinski definition) is 8. The van der Waals surface area contributed by atoms with Crippen molar-refractivity contribution < 1.29 is 38.1 Å². The molecule has 2 aromatic rings. The van der Waals surface area contributed by atoms with Crippen molar-refractivity contribution >= 4 is 34.9 Å². The summed E-state index contributed by atoms with van der Waals surface area (Å²) >= 11 is 0. The van der Waals surface area contributed by atoms with Gasteiger partial charge in [-0.2, -0.15) is 0 Å². The molecular weight excluding hydrogens is 564 g/mol. The van der Waals surface area contributed by atoms with Crippen LogP contribution in [-0.4, -0.2) is 49.5 Å². The van der Waals surface area contributed by atoms with Gasteiger partial charge in [0, 0.05) is 0 Å². The van der Waals surface area contributed by atoms with Gasteiger partial charge in [0.2, 0.25) is 0 Å². The van der Waals surface area contributed by atoms with Crippen molar-refractivity contribution in [1.29, 1.82) is 0 Å². The number of hydrogen-bond donors (Lipinski definition) is 2. The van der Waals surface area contributed by atoms with Crippen LogP contribution < -0.4 is 10.6 Å². The van der Waals surface area contributed by atoms with Crippen molar-refractivity contribution in [3.8, 4) is 0 Å². The van der Waals surface area contributed by atoms with Gasteiger partial charge in [-0.1, -0.05) is 75.9 Å². The Labute approximate surface area is 261 Å². The minimum Gasteiger partial charge on any atom is -0.467 e. The quantitative estimate of drug-likeness (QED) is 0.193. The second kappa shape index (κ2) is 14.8. The lowest BCUT2D eigenvalue weighted by Crippen LogP contribution is -2.54. The SMILES string of the molecule is CCCCC(NC(=O)OC(C)(C)C)(C(=O)OC)c1cccc2c(C(CCCC)(NC(=O)OC(C)(C)C)C(=O)OC)cccc12. The zero-order chi connectivity index (χ0) is 33.3. The first-order chi connectivity index (χ1) is 20.5. The average Bonchev–Trinajstić information content (AvgIpc) is 2.94. The fraction of sp³-hybridized carbons (Fsp3) is 0.588. The molecule has 10 heteroatoms.